The predicted octanol–water partition coefficient (Wildman–Crippen LogP) is 0.382. The number of carboxylic acid groups (broad SMARTS) is 1. The van der Waals surface area contributed by atoms with E-state index >= 15 is 0 Å². The van der Waals surface area contributed by atoms with E-state index in [9.17, 15) is 14.4 Å². The number of fused-ring (bicyclic) bond motifs is 1. The van der Waals surface area contributed by atoms with E-state index in [4.69, 9.17) is 14.6 Å². The molecule has 110 valence electrons. The molecular weight excluding hydrogens is 280 g/mol. The topological polar surface area (TPSA) is 114 Å². The number of carboxylic acids is 1. The Kier molecular flexibility index (Phi) is 4.39. The molecule has 1 aromatic carbocycles. The van der Waals surface area contributed by atoms with E-state index < -0.39 is 17.9 Å². The third-order valence-electron chi connectivity index (χ3n) is 2.50. The maximum absolute atomic E-state index is 11.4. The average molecular weight is 292 g/mol. The molecule has 3 amide bonds. The van der Waals surface area contributed by atoms with Crippen LogP contribution in [0, 0.1) is 0 Å². The molecule has 3 N–H and O–H groups in total. The number of benzene rings is 1. The van der Waals surface area contributed by atoms with Gasteiger partial charge in [-0.1, -0.05) is 6.07 Å². The van der Waals surface area contributed by atoms with Crippen LogP contribution < -0.4 is 20.1 Å². The minimum atomic E-state index is -1.27. The van der Waals surface area contributed by atoms with E-state index in [-0.39, 0.29) is 13.3 Å². The summed E-state index contributed by atoms with van der Waals surface area (Å²) in [7, 11) is 0. The summed E-state index contributed by atoms with van der Waals surface area (Å²) in [6.07, 6.45) is 1.39. The Balaban J connectivity index is 1.81. The summed E-state index contributed by atoms with van der Waals surface area (Å²) >= 11 is 0. The summed E-state index contributed by atoms with van der Waals surface area (Å²) in [4.78, 5) is 32.8. The second-order valence-electron chi connectivity index (χ2n) is 4.03. The molecule has 0 saturated carbocycles. The molecule has 8 heteroatoms. The van der Waals surface area contributed by atoms with Gasteiger partial charge in [0.1, 0.15) is 0 Å². The second kappa shape index (κ2) is 6.42. The Hall–Kier alpha value is -3.03. The Morgan fingerprint density at radius 3 is 2.71 bits per heavy atom. The molecule has 0 saturated heterocycles. The van der Waals surface area contributed by atoms with Crippen LogP contribution in [0.3, 0.4) is 0 Å². The van der Waals surface area contributed by atoms with E-state index in [0.717, 1.165) is 11.6 Å². The van der Waals surface area contributed by atoms with Crippen molar-refractivity contribution in [1.29, 1.82) is 0 Å². The third-order valence-corrected chi connectivity index (χ3v) is 2.50. The van der Waals surface area contributed by atoms with Gasteiger partial charge in [-0.3, -0.25) is 10.1 Å². The van der Waals surface area contributed by atoms with Gasteiger partial charge in [0.05, 0.1) is 0 Å². The molecule has 0 fully saturated rings. The number of nitrogens with one attached hydrogen (secondary N) is 2. The van der Waals surface area contributed by atoms with Gasteiger partial charge in [0, 0.05) is 18.7 Å². The fraction of sp³-hybridized carbons (Fsp3) is 0.154. The molecule has 0 aromatic heterocycles. The molecule has 0 aliphatic carbocycles. The van der Waals surface area contributed by atoms with Crippen molar-refractivity contribution in [2.75, 3.05) is 6.79 Å². The lowest BCUT2D eigenvalue weighted by Gasteiger charge is -2.06. The number of rotatable bonds is 4. The molecule has 1 heterocycles. The van der Waals surface area contributed by atoms with E-state index in [1.807, 2.05) is 5.32 Å². The Bertz CT molecular complexity index is 611. The SMILES string of the molecule is O=C(O)C=CC(=O)NC(=O)NCc1ccc2c(c1)OCO2. The Morgan fingerprint density at radius 1 is 1.19 bits per heavy atom. The number of hydrogen-bond donors (Lipinski definition) is 3. The predicted molar refractivity (Wildman–Crippen MR) is 69.7 cm³/mol. The zero-order chi connectivity index (χ0) is 15.2. The highest BCUT2D eigenvalue weighted by Gasteiger charge is 2.13. The standard InChI is InChI=1S/C13H12N2O6/c16-11(3-4-12(17)18)15-13(19)14-6-8-1-2-9-10(5-8)21-7-20-9/h1-5H,6-7H2,(H,17,18)(H2,14,15,16,19). The number of hydrogen-bond acceptors (Lipinski definition) is 5. The number of ether oxygens (including phenoxy) is 2. The monoisotopic (exact) mass is 292 g/mol. The molecule has 0 spiro atoms. The van der Waals surface area contributed by atoms with Crippen LogP contribution in [0.4, 0.5) is 4.79 Å². The van der Waals surface area contributed by atoms with Crippen molar-refractivity contribution in [2.24, 2.45) is 0 Å². The molecule has 21 heavy (non-hydrogen) atoms. The van der Waals surface area contributed by atoms with Crippen molar-refractivity contribution >= 4 is 17.9 Å². The fourth-order valence-electron chi connectivity index (χ4n) is 1.58. The van der Waals surface area contributed by atoms with Gasteiger partial charge in [0.15, 0.2) is 11.5 Å². The van der Waals surface area contributed by atoms with Gasteiger partial charge in [-0.05, 0) is 17.7 Å². The van der Waals surface area contributed by atoms with Crippen LogP contribution >= 0.6 is 0 Å². The van der Waals surface area contributed by atoms with E-state index in [1.54, 1.807) is 18.2 Å². The highest BCUT2D eigenvalue weighted by atomic mass is 16.7. The second-order valence-corrected chi connectivity index (χ2v) is 4.03. The molecule has 0 atom stereocenters. The van der Waals surface area contributed by atoms with Crippen molar-refractivity contribution in [1.82, 2.24) is 10.6 Å². The van der Waals surface area contributed by atoms with Gasteiger partial charge in [-0.2, -0.15) is 0 Å². The first-order valence-electron chi connectivity index (χ1n) is 5.93. The van der Waals surface area contributed by atoms with Crippen LogP contribution in [0.2, 0.25) is 0 Å². The van der Waals surface area contributed by atoms with Gasteiger partial charge >= 0.3 is 12.0 Å². The first-order valence-corrected chi connectivity index (χ1v) is 5.93. The number of urea groups is 1. The molecule has 0 bridgehead atoms. The van der Waals surface area contributed by atoms with E-state index in [1.165, 1.54) is 0 Å². The fourth-order valence-corrected chi connectivity index (χ4v) is 1.58. The Morgan fingerprint density at radius 2 is 1.95 bits per heavy atom. The summed E-state index contributed by atoms with van der Waals surface area (Å²) < 4.78 is 10.4. The van der Waals surface area contributed by atoms with Gasteiger partial charge in [0.2, 0.25) is 6.79 Å². The van der Waals surface area contributed by atoms with Crippen molar-refractivity contribution in [3.05, 3.63) is 35.9 Å². The first kappa shape index (κ1) is 14.4. The van der Waals surface area contributed by atoms with Crippen molar-refractivity contribution in [3.63, 3.8) is 0 Å². The van der Waals surface area contributed by atoms with Crippen molar-refractivity contribution < 1.29 is 29.0 Å². The number of aliphatic carboxylic acids is 1. The van der Waals surface area contributed by atoms with Crippen LogP contribution in [0.15, 0.2) is 30.4 Å². The lowest BCUT2D eigenvalue weighted by molar-refractivity contribution is -0.131. The number of imide groups is 1. The number of carbonyl (C=O) groups excluding carboxylic acids is 2. The van der Waals surface area contributed by atoms with Crippen LogP contribution in [0.5, 0.6) is 11.5 Å². The zero-order valence-electron chi connectivity index (χ0n) is 10.8. The zero-order valence-corrected chi connectivity index (χ0v) is 10.8. The van der Waals surface area contributed by atoms with Crippen LogP contribution in [0.25, 0.3) is 0 Å². The van der Waals surface area contributed by atoms with Crippen molar-refractivity contribution in [2.45, 2.75) is 6.54 Å². The van der Waals surface area contributed by atoms with Gasteiger partial charge in [0.25, 0.3) is 5.91 Å². The number of carbonyl (C=O) groups is 3. The normalized spacial score (nSPS) is 12.2. The molecule has 2 rings (SSSR count). The summed E-state index contributed by atoms with van der Waals surface area (Å²) in [6, 6.07) is 4.46. The molecular formula is C13H12N2O6. The lowest BCUT2D eigenvalue weighted by atomic mass is 10.2. The first-order chi connectivity index (χ1) is 10.0. The van der Waals surface area contributed by atoms with Gasteiger partial charge in [-0.15, -0.1) is 0 Å². The minimum absolute atomic E-state index is 0.164. The Labute approximate surface area is 119 Å². The molecule has 1 aromatic rings. The minimum Gasteiger partial charge on any atom is -0.478 e. The van der Waals surface area contributed by atoms with Crippen molar-refractivity contribution in [3.8, 4) is 11.5 Å². The van der Waals surface area contributed by atoms with Crippen LogP contribution in [-0.4, -0.2) is 29.8 Å². The maximum atomic E-state index is 11.4. The molecule has 1 aliphatic heterocycles. The third kappa shape index (κ3) is 4.23. The largest absolute Gasteiger partial charge is 0.478 e. The molecule has 1 aliphatic rings. The van der Waals surface area contributed by atoms with E-state index in [0.29, 0.717) is 17.6 Å². The highest BCUT2D eigenvalue weighted by molar-refractivity contribution is 6.02. The summed E-state index contributed by atoms with van der Waals surface area (Å²) in [5.41, 5.74) is 0.767. The van der Waals surface area contributed by atoms with Gasteiger partial charge < -0.3 is 19.9 Å². The van der Waals surface area contributed by atoms with Crippen LogP contribution in [-0.2, 0) is 16.1 Å². The summed E-state index contributed by atoms with van der Waals surface area (Å²) in [6.45, 7) is 0.343. The molecule has 0 radical (unpaired) electrons. The lowest BCUT2D eigenvalue weighted by Crippen LogP contribution is -2.38. The maximum Gasteiger partial charge on any atom is 0.328 e. The highest BCUT2D eigenvalue weighted by Crippen LogP contribution is 2.32. The number of amides is 3. The summed E-state index contributed by atoms with van der Waals surface area (Å²) in [5, 5.41) is 12.8. The summed E-state index contributed by atoms with van der Waals surface area (Å²) in [5.74, 6) is -0.862. The molecule has 0 unspecified atom stereocenters. The average Bonchev–Trinajstić information content (AvgIpc) is 2.90. The van der Waals surface area contributed by atoms with E-state index in [2.05, 4.69) is 5.32 Å². The van der Waals surface area contributed by atoms with Crippen LogP contribution in [0.1, 0.15) is 5.56 Å². The van der Waals surface area contributed by atoms with Gasteiger partial charge in [-0.25, -0.2) is 9.59 Å². The smallest absolute Gasteiger partial charge is 0.328 e. The molecule has 8 nitrogen and oxygen atoms in total. The quantitative estimate of drug-likeness (QED) is 0.691.